The lowest BCUT2D eigenvalue weighted by Crippen LogP contribution is -2.22. The molecule has 20 heavy (non-hydrogen) atoms. The van der Waals surface area contributed by atoms with Crippen LogP contribution in [0.2, 0.25) is 0 Å². The molecular formula is C14H18BrN3O2. The molecule has 0 spiro atoms. The highest BCUT2D eigenvalue weighted by Crippen LogP contribution is 2.23. The molecule has 0 amide bonds. The molecule has 0 unspecified atom stereocenters. The molecule has 1 aromatic carbocycles. The van der Waals surface area contributed by atoms with Crippen LogP contribution in [0.5, 0.6) is 5.75 Å². The zero-order chi connectivity index (χ0) is 14.5. The first kappa shape index (κ1) is 15.0. The SMILES string of the molecule is Cc1nnc(COc2ccc(Br)c(CNC(C)C)c2)o1. The summed E-state index contributed by atoms with van der Waals surface area (Å²) in [5.41, 5.74) is 1.15. The maximum atomic E-state index is 5.66. The van der Waals surface area contributed by atoms with Gasteiger partial charge in [0.2, 0.25) is 5.89 Å². The van der Waals surface area contributed by atoms with E-state index in [2.05, 4.69) is 45.3 Å². The van der Waals surface area contributed by atoms with E-state index in [1.54, 1.807) is 6.92 Å². The summed E-state index contributed by atoms with van der Waals surface area (Å²) in [5, 5.41) is 11.0. The molecule has 2 rings (SSSR count). The largest absolute Gasteiger partial charge is 0.484 e. The van der Waals surface area contributed by atoms with Gasteiger partial charge in [-0.25, -0.2) is 0 Å². The molecule has 0 aliphatic heterocycles. The van der Waals surface area contributed by atoms with Gasteiger partial charge in [-0.1, -0.05) is 29.8 Å². The summed E-state index contributed by atoms with van der Waals surface area (Å²) in [6, 6.07) is 6.33. The minimum atomic E-state index is 0.277. The highest BCUT2D eigenvalue weighted by atomic mass is 79.9. The topological polar surface area (TPSA) is 60.2 Å². The van der Waals surface area contributed by atoms with E-state index in [9.17, 15) is 0 Å². The molecule has 2 aromatic rings. The summed E-state index contributed by atoms with van der Waals surface area (Å²) in [6.45, 7) is 7.05. The lowest BCUT2D eigenvalue weighted by atomic mass is 10.2. The number of hydrogen-bond donors (Lipinski definition) is 1. The van der Waals surface area contributed by atoms with Gasteiger partial charge in [-0.3, -0.25) is 0 Å². The average molecular weight is 340 g/mol. The van der Waals surface area contributed by atoms with Crippen molar-refractivity contribution in [2.75, 3.05) is 0 Å². The fourth-order valence-corrected chi connectivity index (χ4v) is 2.02. The predicted octanol–water partition coefficient (Wildman–Crippen LogP) is 3.22. The second kappa shape index (κ2) is 6.85. The molecule has 1 heterocycles. The standard InChI is InChI=1S/C14H18BrN3O2/c1-9(2)16-7-11-6-12(4-5-13(11)15)19-8-14-18-17-10(3)20-14/h4-6,9,16H,7-8H2,1-3H3. The van der Waals surface area contributed by atoms with Gasteiger partial charge in [0.15, 0.2) is 6.61 Å². The molecule has 0 aliphatic rings. The van der Waals surface area contributed by atoms with E-state index in [0.29, 0.717) is 17.8 Å². The Morgan fingerprint density at radius 2 is 2.15 bits per heavy atom. The van der Waals surface area contributed by atoms with Crippen LogP contribution in [0.1, 0.15) is 31.2 Å². The molecule has 1 aromatic heterocycles. The van der Waals surface area contributed by atoms with Gasteiger partial charge in [0.05, 0.1) is 0 Å². The third-order valence-corrected chi connectivity index (χ3v) is 3.42. The van der Waals surface area contributed by atoms with Crippen molar-refractivity contribution in [3.8, 4) is 5.75 Å². The maximum Gasteiger partial charge on any atom is 0.253 e. The third kappa shape index (κ3) is 4.31. The van der Waals surface area contributed by atoms with E-state index < -0.39 is 0 Å². The van der Waals surface area contributed by atoms with Crippen LogP contribution in [-0.4, -0.2) is 16.2 Å². The second-order valence-corrected chi connectivity index (χ2v) is 5.65. The van der Waals surface area contributed by atoms with Crippen LogP contribution in [0.4, 0.5) is 0 Å². The molecule has 0 bridgehead atoms. The smallest absolute Gasteiger partial charge is 0.253 e. The fraction of sp³-hybridized carbons (Fsp3) is 0.429. The number of nitrogens with zero attached hydrogens (tertiary/aromatic N) is 2. The molecule has 0 aliphatic carbocycles. The van der Waals surface area contributed by atoms with Crippen molar-refractivity contribution >= 4 is 15.9 Å². The molecule has 6 heteroatoms. The van der Waals surface area contributed by atoms with E-state index in [0.717, 1.165) is 22.3 Å². The van der Waals surface area contributed by atoms with Gasteiger partial charge >= 0.3 is 0 Å². The first-order valence-corrected chi connectivity index (χ1v) is 7.27. The van der Waals surface area contributed by atoms with Crippen molar-refractivity contribution < 1.29 is 9.15 Å². The summed E-state index contributed by atoms with van der Waals surface area (Å²) in [6.07, 6.45) is 0. The molecular weight excluding hydrogens is 322 g/mol. The third-order valence-electron chi connectivity index (χ3n) is 2.65. The van der Waals surface area contributed by atoms with Gasteiger partial charge < -0.3 is 14.5 Å². The van der Waals surface area contributed by atoms with Gasteiger partial charge in [-0.2, -0.15) is 0 Å². The Morgan fingerprint density at radius 3 is 2.80 bits per heavy atom. The number of hydrogen-bond acceptors (Lipinski definition) is 5. The highest BCUT2D eigenvalue weighted by molar-refractivity contribution is 9.10. The van der Waals surface area contributed by atoms with Gasteiger partial charge in [0, 0.05) is 24.0 Å². The van der Waals surface area contributed by atoms with Crippen LogP contribution in [0.25, 0.3) is 0 Å². The first-order valence-electron chi connectivity index (χ1n) is 6.48. The number of aromatic nitrogens is 2. The van der Waals surface area contributed by atoms with Crippen LogP contribution >= 0.6 is 15.9 Å². The number of aryl methyl sites for hydroxylation is 1. The quantitative estimate of drug-likeness (QED) is 0.875. The second-order valence-electron chi connectivity index (χ2n) is 4.79. The molecule has 0 saturated carbocycles. The van der Waals surface area contributed by atoms with Gasteiger partial charge in [0.1, 0.15) is 5.75 Å². The number of benzene rings is 1. The van der Waals surface area contributed by atoms with Crippen molar-refractivity contribution in [3.63, 3.8) is 0 Å². The number of rotatable bonds is 6. The lowest BCUT2D eigenvalue weighted by Gasteiger charge is -2.11. The van der Waals surface area contributed by atoms with Crippen LogP contribution in [0, 0.1) is 6.92 Å². The molecule has 0 fully saturated rings. The van der Waals surface area contributed by atoms with Crippen molar-refractivity contribution in [1.82, 2.24) is 15.5 Å². The monoisotopic (exact) mass is 339 g/mol. The van der Waals surface area contributed by atoms with Crippen molar-refractivity contribution in [3.05, 3.63) is 40.0 Å². The summed E-state index contributed by atoms with van der Waals surface area (Å²) >= 11 is 3.54. The van der Waals surface area contributed by atoms with Crippen molar-refractivity contribution in [2.24, 2.45) is 0 Å². The number of ether oxygens (including phenoxy) is 1. The van der Waals surface area contributed by atoms with E-state index >= 15 is 0 Å². The molecule has 108 valence electrons. The Morgan fingerprint density at radius 1 is 1.35 bits per heavy atom. The maximum absolute atomic E-state index is 5.66. The van der Waals surface area contributed by atoms with Crippen LogP contribution in [0.3, 0.4) is 0 Å². The first-order chi connectivity index (χ1) is 9.54. The van der Waals surface area contributed by atoms with E-state index in [-0.39, 0.29) is 6.61 Å². The summed E-state index contributed by atoms with van der Waals surface area (Å²) in [4.78, 5) is 0. The van der Waals surface area contributed by atoms with Gasteiger partial charge in [-0.05, 0) is 23.8 Å². The van der Waals surface area contributed by atoms with Gasteiger partial charge in [0.25, 0.3) is 5.89 Å². The van der Waals surface area contributed by atoms with Crippen LogP contribution in [-0.2, 0) is 13.2 Å². The Balaban J connectivity index is 1.99. The van der Waals surface area contributed by atoms with E-state index in [4.69, 9.17) is 9.15 Å². The molecule has 0 atom stereocenters. The Labute approximate surface area is 126 Å². The Hall–Kier alpha value is -1.40. The summed E-state index contributed by atoms with van der Waals surface area (Å²) in [5.74, 6) is 1.80. The molecule has 0 saturated heterocycles. The fourth-order valence-electron chi connectivity index (χ4n) is 1.63. The predicted molar refractivity (Wildman–Crippen MR) is 79.5 cm³/mol. The average Bonchev–Trinajstić information content (AvgIpc) is 2.82. The van der Waals surface area contributed by atoms with Gasteiger partial charge in [-0.15, -0.1) is 10.2 Å². The molecule has 1 N–H and O–H groups in total. The number of halogens is 1. The van der Waals surface area contributed by atoms with Crippen LogP contribution < -0.4 is 10.1 Å². The summed E-state index contributed by atoms with van der Waals surface area (Å²) in [7, 11) is 0. The molecule has 5 nitrogen and oxygen atoms in total. The van der Waals surface area contributed by atoms with Crippen LogP contribution in [0.15, 0.2) is 27.1 Å². The normalized spacial score (nSPS) is 11.1. The number of nitrogens with one attached hydrogen (secondary N) is 1. The zero-order valence-corrected chi connectivity index (χ0v) is 13.4. The lowest BCUT2D eigenvalue weighted by molar-refractivity contribution is 0.260. The molecule has 0 radical (unpaired) electrons. The van der Waals surface area contributed by atoms with E-state index in [1.165, 1.54) is 0 Å². The van der Waals surface area contributed by atoms with E-state index in [1.807, 2.05) is 18.2 Å². The summed E-state index contributed by atoms with van der Waals surface area (Å²) < 4.78 is 12.0. The van der Waals surface area contributed by atoms with Crippen molar-refractivity contribution in [2.45, 2.75) is 40.0 Å². The minimum Gasteiger partial charge on any atom is -0.484 e. The zero-order valence-electron chi connectivity index (χ0n) is 11.8. The Bertz CT molecular complexity index is 569. The van der Waals surface area contributed by atoms with Crippen molar-refractivity contribution in [1.29, 1.82) is 0 Å². The Kier molecular flexibility index (Phi) is 5.14. The minimum absolute atomic E-state index is 0.277. The highest BCUT2D eigenvalue weighted by Gasteiger charge is 2.06.